The SMILES string of the molecule is CCCCCCCCN1CCCCC1CC(=O)OC. The Labute approximate surface area is 118 Å². The number of hydrogen-bond acceptors (Lipinski definition) is 3. The van der Waals surface area contributed by atoms with Gasteiger partial charge in [0.2, 0.25) is 0 Å². The molecule has 3 nitrogen and oxygen atoms in total. The molecule has 1 fully saturated rings. The average molecular weight is 269 g/mol. The van der Waals surface area contributed by atoms with Crippen molar-refractivity contribution in [2.45, 2.75) is 77.2 Å². The van der Waals surface area contributed by atoms with E-state index in [1.54, 1.807) is 0 Å². The van der Waals surface area contributed by atoms with E-state index < -0.39 is 0 Å². The first-order valence-electron chi connectivity index (χ1n) is 8.08. The van der Waals surface area contributed by atoms with Crippen molar-refractivity contribution in [2.75, 3.05) is 20.2 Å². The van der Waals surface area contributed by atoms with Crippen molar-refractivity contribution in [1.29, 1.82) is 0 Å². The summed E-state index contributed by atoms with van der Waals surface area (Å²) in [7, 11) is 1.49. The number of esters is 1. The first-order valence-corrected chi connectivity index (χ1v) is 8.08. The summed E-state index contributed by atoms with van der Waals surface area (Å²) >= 11 is 0. The van der Waals surface area contributed by atoms with E-state index in [1.807, 2.05) is 0 Å². The highest BCUT2D eigenvalue weighted by atomic mass is 16.5. The van der Waals surface area contributed by atoms with Gasteiger partial charge in [-0.15, -0.1) is 0 Å². The van der Waals surface area contributed by atoms with Gasteiger partial charge in [-0.1, -0.05) is 45.4 Å². The summed E-state index contributed by atoms with van der Waals surface area (Å²) in [5, 5.41) is 0. The first-order chi connectivity index (χ1) is 9.27. The third-order valence-electron chi connectivity index (χ3n) is 4.18. The molecule has 1 saturated heterocycles. The van der Waals surface area contributed by atoms with Crippen LogP contribution in [0.2, 0.25) is 0 Å². The third-order valence-corrected chi connectivity index (χ3v) is 4.18. The Kier molecular flexibility index (Phi) is 8.89. The molecule has 0 saturated carbocycles. The van der Waals surface area contributed by atoms with Gasteiger partial charge in [-0.05, 0) is 32.4 Å². The van der Waals surface area contributed by atoms with Gasteiger partial charge in [0.25, 0.3) is 0 Å². The van der Waals surface area contributed by atoms with Crippen molar-refractivity contribution >= 4 is 5.97 Å². The van der Waals surface area contributed by atoms with Crippen molar-refractivity contribution in [3.05, 3.63) is 0 Å². The molecule has 0 aromatic rings. The summed E-state index contributed by atoms with van der Waals surface area (Å²) in [5.74, 6) is -0.0557. The van der Waals surface area contributed by atoms with Crippen LogP contribution in [0.15, 0.2) is 0 Å². The number of nitrogens with zero attached hydrogens (tertiary/aromatic N) is 1. The number of methoxy groups -OCH3 is 1. The lowest BCUT2D eigenvalue weighted by atomic mass is 9.98. The Hall–Kier alpha value is -0.570. The number of rotatable bonds is 9. The molecule has 3 heteroatoms. The van der Waals surface area contributed by atoms with Gasteiger partial charge in [0.15, 0.2) is 0 Å². The normalized spacial score (nSPS) is 20.4. The second kappa shape index (κ2) is 10.2. The van der Waals surface area contributed by atoms with Crippen molar-refractivity contribution in [3.63, 3.8) is 0 Å². The van der Waals surface area contributed by atoms with Gasteiger partial charge in [0.05, 0.1) is 13.5 Å². The highest BCUT2D eigenvalue weighted by Gasteiger charge is 2.24. The van der Waals surface area contributed by atoms with Crippen LogP contribution < -0.4 is 0 Å². The van der Waals surface area contributed by atoms with Crippen LogP contribution in [0.5, 0.6) is 0 Å². The molecule has 1 atom stereocenters. The van der Waals surface area contributed by atoms with E-state index in [9.17, 15) is 4.79 Å². The zero-order chi connectivity index (χ0) is 13.9. The Morgan fingerprint density at radius 3 is 2.63 bits per heavy atom. The van der Waals surface area contributed by atoms with Crippen LogP contribution in [-0.4, -0.2) is 37.1 Å². The van der Waals surface area contributed by atoms with Gasteiger partial charge in [0.1, 0.15) is 0 Å². The summed E-state index contributed by atoms with van der Waals surface area (Å²) in [6, 6.07) is 0.428. The van der Waals surface area contributed by atoms with Crippen LogP contribution in [0.1, 0.15) is 71.1 Å². The van der Waals surface area contributed by atoms with Crippen LogP contribution in [0, 0.1) is 0 Å². The number of likely N-dealkylation sites (tertiary alicyclic amines) is 1. The maximum atomic E-state index is 11.4. The molecule has 1 unspecified atom stereocenters. The smallest absolute Gasteiger partial charge is 0.307 e. The van der Waals surface area contributed by atoms with E-state index >= 15 is 0 Å². The zero-order valence-corrected chi connectivity index (χ0v) is 12.8. The number of carbonyl (C=O) groups excluding carboxylic acids is 1. The van der Waals surface area contributed by atoms with E-state index in [0.717, 1.165) is 19.5 Å². The Morgan fingerprint density at radius 2 is 1.89 bits per heavy atom. The summed E-state index contributed by atoms with van der Waals surface area (Å²) in [6.07, 6.45) is 12.3. The lowest BCUT2D eigenvalue weighted by Crippen LogP contribution is -2.41. The van der Waals surface area contributed by atoms with E-state index in [2.05, 4.69) is 11.8 Å². The van der Waals surface area contributed by atoms with Crippen LogP contribution in [0.3, 0.4) is 0 Å². The molecule has 0 spiro atoms. The predicted molar refractivity (Wildman–Crippen MR) is 79.2 cm³/mol. The fraction of sp³-hybridized carbons (Fsp3) is 0.938. The van der Waals surface area contributed by atoms with Crippen molar-refractivity contribution in [3.8, 4) is 0 Å². The van der Waals surface area contributed by atoms with Crippen molar-refractivity contribution in [2.24, 2.45) is 0 Å². The molecule has 0 radical (unpaired) electrons. The summed E-state index contributed by atoms with van der Waals surface area (Å²) in [6.45, 7) is 4.58. The maximum absolute atomic E-state index is 11.4. The Balaban J connectivity index is 2.18. The van der Waals surface area contributed by atoms with Gasteiger partial charge in [0, 0.05) is 6.04 Å². The lowest BCUT2D eigenvalue weighted by Gasteiger charge is -2.35. The Morgan fingerprint density at radius 1 is 1.16 bits per heavy atom. The van der Waals surface area contributed by atoms with Gasteiger partial charge >= 0.3 is 5.97 Å². The number of piperidine rings is 1. The van der Waals surface area contributed by atoms with Gasteiger partial charge in [-0.25, -0.2) is 0 Å². The molecule has 0 aromatic heterocycles. The number of ether oxygens (including phenoxy) is 1. The van der Waals surface area contributed by atoms with Gasteiger partial charge < -0.3 is 4.74 Å². The lowest BCUT2D eigenvalue weighted by molar-refractivity contribution is -0.142. The van der Waals surface area contributed by atoms with E-state index in [4.69, 9.17) is 4.74 Å². The summed E-state index contributed by atoms with van der Waals surface area (Å²) in [4.78, 5) is 13.9. The first kappa shape index (κ1) is 16.5. The topological polar surface area (TPSA) is 29.5 Å². The molecule has 1 aliphatic heterocycles. The second-order valence-electron chi connectivity index (χ2n) is 5.73. The number of carbonyl (C=O) groups is 1. The molecule has 0 amide bonds. The van der Waals surface area contributed by atoms with Crippen molar-refractivity contribution in [1.82, 2.24) is 4.90 Å². The second-order valence-corrected chi connectivity index (χ2v) is 5.73. The summed E-state index contributed by atoms with van der Waals surface area (Å²) in [5.41, 5.74) is 0. The number of unbranched alkanes of at least 4 members (excludes halogenated alkanes) is 5. The summed E-state index contributed by atoms with van der Waals surface area (Å²) < 4.78 is 4.81. The fourth-order valence-electron chi connectivity index (χ4n) is 2.96. The van der Waals surface area contributed by atoms with Gasteiger partial charge in [-0.3, -0.25) is 9.69 Å². The molecule has 1 rings (SSSR count). The van der Waals surface area contributed by atoms with Crippen LogP contribution in [0.4, 0.5) is 0 Å². The molecule has 19 heavy (non-hydrogen) atoms. The highest BCUT2D eigenvalue weighted by Crippen LogP contribution is 2.20. The quantitative estimate of drug-likeness (QED) is 0.471. The van der Waals surface area contributed by atoms with E-state index in [1.165, 1.54) is 58.5 Å². The Bertz CT molecular complexity index is 243. The van der Waals surface area contributed by atoms with Crippen molar-refractivity contribution < 1.29 is 9.53 Å². The van der Waals surface area contributed by atoms with E-state index in [0.29, 0.717) is 12.5 Å². The molecule has 0 N–H and O–H groups in total. The maximum Gasteiger partial charge on any atom is 0.307 e. The number of hydrogen-bond donors (Lipinski definition) is 0. The molecule has 0 bridgehead atoms. The van der Waals surface area contributed by atoms with Crippen LogP contribution >= 0.6 is 0 Å². The minimum atomic E-state index is -0.0557. The van der Waals surface area contributed by atoms with Gasteiger partial charge in [-0.2, -0.15) is 0 Å². The molecule has 1 aliphatic rings. The zero-order valence-electron chi connectivity index (χ0n) is 12.8. The standard InChI is InChI=1S/C16H31NO2/c1-3-4-5-6-7-9-12-17-13-10-8-11-15(17)14-16(18)19-2/h15H,3-14H2,1-2H3. The molecule has 0 aliphatic carbocycles. The molecular weight excluding hydrogens is 238 g/mol. The molecule has 0 aromatic carbocycles. The fourth-order valence-corrected chi connectivity index (χ4v) is 2.96. The minimum Gasteiger partial charge on any atom is -0.469 e. The molecule has 112 valence electrons. The monoisotopic (exact) mass is 269 g/mol. The van der Waals surface area contributed by atoms with Crippen LogP contribution in [-0.2, 0) is 9.53 Å². The minimum absolute atomic E-state index is 0.0557. The molecular formula is C16H31NO2. The average Bonchev–Trinajstić information content (AvgIpc) is 2.44. The largest absolute Gasteiger partial charge is 0.469 e. The molecule has 1 heterocycles. The third kappa shape index (κ3) is 6.95. The highest BCUT2D eigenvalue weighted by molar-refractivity contribution is 5.69. The van der Waals surface area contributed by atoms with Crippen LogP contribution in [0.25, 0.3) is 0 Å². The van der Waals surface area contributed by atoms with E-state index in [-0.39, 0.29) is 5.97 Å². The predicted octanol–water partition coefficient (Wildman–Crippen LogP) is 3.76.